The summed E-state index contributed by atoms with van der Waals surface area (Å²) in [6.07, 6.45) is 1.44. The molecule has 6 heteroatoms. The average Bonchev–Trinajstić information content (AvgIpc) is 2.46. The van der Waals surface area contributed by atoms with E-state index < -0.39 is 0 Å². The van der Waals surface area contributed by atoms with E-state index >= 15 is 0 Å². The third-order valence-electron chi connectivity index (χ3n) is 3.89. The smallest absolute Gasteiger partial charge is 0.0858 e. The molecule has 3 rings (SSSR count). The van der Waals surface area contributed by atoms with E-state index in [1.807, 2.05) is 24.3 Å². The van der Waals surface area contributed by atoms with Gasteiger partial charge in [0.25, 0.3) is 0 Å². The molecule has 2 aromatic carbocycles. The molecule has 122 valence electrons. The van der Waals surface area contributed by atoms with Crippen molar-refractivity contribution >= 4 is 62.3 Å². The van der Waals surface area contributed by atoms with Crippen molar-refractivity contribution < 1.29 is 4.74 Å². The minimum Gasteiger partial charge on any atom is -0.365 e. The molecule has 1 aliphatic heterocycles. The molecule has 0 amide bonds. The molecule has 0 N–H and O–H groups in total. The third kappa shape index (κ3) is 4.18. The Bertz CT molecular complexity index is 662. The van der Waals surface area contributed by atoms with Gasteiger partial charge in [0.2, 0.25) is 0 Å². The van der Waals surface area contributed by atoms with Gasteiger partial charge >= 0.3 is 0 Å². The second kappa shape index (κ2) is 7.51. The summed E-state index contributed by atoms with van der Waals surface area (Å²) in [4.78, 5) is 0.310. The quantitative estimate of drug-likeness (QED) is 0.423. The summed E-state index contributed by atoms with van der Waals surface area (Å²) >= 11 is 28.4. The van der Waals surface area contributed by atoms with Crippen LogP contribution in [0.4, 0.5) is 0 Å². The van der Waals surface area contributed by atoms with Crippen LogP contribution >= 0.6 is 62.3 Å². The van der Waals surface area contributed by atoms with E-state index in [1.165, 1.54) is 0 Å². The standard InChI is InChI=1S/C17H13BrCl4O/c18-9-5-16(12-3-1-10(19)7-14(12)21)23-17(6-9)13-4-2-11(20)8-15(13)22/h1-4,7-9,16-17H,5-6H2/t9?,16-,17+. The number of benzene rings is 2. The minimum atomic E-state index is -0.116. The lowest BCUT2D eigenvalue weighted by atomic mass is 9.95. The Balaban J connectivity index is 1.90. The molecule has 0 aromatic heterocycles. The molecule has 0 radical (unpaired) electrons. The van der Waals surface area contributed by atoms with Gasteiger partial charge in [-0.05, 0) is 48.2 Å². The maximum atomic E-state index is 6.33. The highest BCUT2D eigenvalue weighted by Crippen LogP contribution is 2.45. The second-order valence-electron chi connectivity index (χ2n) is 5.51. The van der Waals surface area contributed by atoms with Gasteiger partial charge in [0.15, 0.2) is 0 Å². The molecule has 1 heterocycles. The van der Waals surface area contributed by atoms with Crippen molar-refractivity contribution in [3.05, 3.63) is 67.6 Å². The van der Waals surface area contributed by atoms with Crippen molar-refractivity contribution in [2.75, 3.05) is 0 Å². The second-order valence-corrected chi connectivity index (χ2v) is 8.50. The normalized spacial score (nSPS) is 24.7. The van der Waals surface area contributed by atoms with Crippen LogP contribution < -0.4 is 0 Å². The van der Waals surface area contributed by atoms with Gasteiger partial charge in [-0.1, -0.05) is 74.5 Å². The van der Waals surface area contributed by atoms with Crippen LogP contribution in [0, 0.1) is 0 Å². The van der Waals surface area contributed by atoms with Crippen LogP contribution in [0.2, 0.25) is 20.1 Å². The van der Waals surface area contributed by atoms with Gasteiger partial charge in [0.1, 0.15) is 0 Å². The SMILES string of the molecule is Clc1ccc([C@@H]2CC(Br)C[C@H](c3ccc(Cl)cc3Cl)O2)c(Cl)c1. The molecule has 0 aliphatic carbocycles. The summed E-state index contributed by atoms with van der Waals surface area (Å²) in [7, 11) is 0. The topological polar surface area (TPSA) is 9.23 Å². The Morgan fingerprint density at radius 3 is 1.61 bits per heavy atom. The highest BCUT2D eigenvalue weighted by molar-refractivity contribution is 9.09. The van der Waals surface area contributed by atoms with Crippen LogP contribution in [0.1, 0.15) is 36.2 Å². The highest BCUT2D eigenvalue weighted by atomic mass is 79.9. The number of hydrogen-bond donors (Lipinski definition) is 0. The fraction of sp³-hybridized carbons (Fsp3) is 0.294. The van der Waals surface area contributed by atoms with Crippen LogP contribution in [-0.2, 0) is 4.74 Å². The van der Waals surface area contributed by atoms with Crippen molar-refractivity contribution in [1.29, 1.82) is 0 Å². The summed E-state index contributed by atoms with van der Waals surface area (Å²) in [6, 6.07) is 11.0. The van der Waals surface area contributed by atoms with Gasteiger partial charge in [0, 0.05) is 24.9 Å². The van der Waals surface area contributed by atoms with E-state index in [9.17, 15) is 0 Å². The molecule has 0 bridgehead atoms. The van der Waals surface area contributed by atoms with Crippen LogP contribution in [0.5, 0.6) is 0 Å². The first-order chi connectivity index (χ1) is 10.9. The number of rotatable bonds is 2. The van der Waals surface area contributed by atoms with E-state index in [-0.39, 0.29) is 12.2 Å². The predicted molar refractivity (Wildman–Crippen MR) is 101 cm³/mol. The Morgan fingerprint density at radius 2 is 1.22 bits per heavy atom. The summed E-state index contributed by atoms with van der Waals surface area (Å²) in [5, 5.41) is 2.46. The van der Waals surface area contributed by atoms with Crippen LogP contribution in [0.3, 0.4) is 0 Å². The Hall–Kier alpha value is 0.0400. The highest BCUT2D eigenvalue weighted by Gasteiger charge is 2.32. The van der Waals surface area contributed by atoms with Gasteiger partial charge in [-0.2, -0.15) is 0 Å². The maximum absolute atomic E-state index is 6.33. The molecule has 1 nitrogen and oxygen atoms in total. The monoisotopic (exact) mass is 452 g/mol. The van der Waals surface area contributed by atoms with Crippen molar-refractivity contribution in [2.24, 2.45) is 0 Å². The van der Waals surface area contributed by atoms with E-state index in [0.29, 0.717) is 24.9 Å². The first kappa shape index (κ1) is 17.8. The summed E-state index contributed by atoms with van der Waals surface area (Å²) < 4.78 is 6.29. The summed E-state index contributed by atoms with van der Waals surface area (Å²) in [6.45, 7) is 0. The van der Waals surface area contributed by atoms with Crippen LogP contribution in [0.25, 0.3) is 0 Å². The van der Waals surface area contributed by atoms with E-state index in [0.717, 1.165) is 24.0 Å². The van der Waals surface area contributed by atoms with E-state index in [4.69, 9.17) is 51.1 Å². The first-order valence-corrected chi connectivity index (χ1v) is 9.56. The molecule has 0 spiro atoms. The van der Waals surface area contributed by atoms with E-state index in [1.54, 1.807) is 12.1 Å². The van der Waals surface area contributed by atoms with Gasteiger partial charge in [-0.25, -0.2) is 0 Å². The zero-order valence-corrected chi connectivity index (χ0v) is 16.5. The fourth-order valence-corrected chi connectivity index (χ4v) is 4.54. The van der Waals surface area contributed by atoms with Crippen LogP contribution in [0.15, 0.2) is 36.4 Å². The molecule has 1 unspecified atom stereocenters. The van der Waals surface area contributed by atoms with Gasteiger partial charge in [0.05, 0.1) is 12.2 Å². The molecule has 0 saturated carbocycles. The van der Waals surface area contributed by atoms with E-state index in [2.05, 4.69) is 15.9 Å². The molecule has 1 saturated heterocycles. The van der Waals surface area contributed by atoms with Gasteiger partial charge in [-0.3, -0.25) is 0 Å². The van der Waals surface area contributed by atoms with Crippen molar-refractivity contribution in [3.8, 4) is 0 Å². The summed E-state index contributed by atoms with van der Waals surface area (Å²) in [5.74, 6) is 0. The Labute approximate surface area is 164 Å². The van der Waals surface area contributed by atoms with Crippen molar-refractivity contribution in [3.63, 3.8) is 0 Å². The number of alkyl halides is 1. The molecular weight excluding hydrogens is 442 g/mol. The summed E-state index contributed by atoms with van der Waals surface area (Å²) in [5.41, 5.74) is 1.88. The minimum absolute atomic E-state index is 0.116. The number of ether oxygens (including phenoxy) is 1. The molecule has 3 atom stereocenters. The lowest BCUT2D eigenvalue weighted by Gasteiger charge is -2.34. The lowest BCUT2D eigenvalue weighted by molar-refractivity contribution is -0.0498. The van der Waals surface area contributed by atoms with Crippen molar-refractivity contribution in [2.45, 2.75) is 29.9 Å². The molecule has 2 aromatic rings. The Morgan fingerprint density at radius 1 is 0.783 bits per heavy atom. The molecule has 1 fully saturated rings. The lowest BCUT2D eigenvalue weighted by Crippen LogP contribution is -2.23. The first-order valence-electron chi connectivity index (χ1n) is 7.13. The van der Waals surface area contributed by atoms with Gasteiger partial charge < -0.3 is 4.74 Å². The third-order valence-corrected chi connectivity index (χ3v) is 5.76. The maximum Gasteiger partial charge on any atom is 0.0858 e. The molecule has 23 heavy (non-hydrogen) atoms. The van der Waals surface area contributed by atoms with Crippen molar-refractivity contribution in [1.82, 2.24) is 0 Å². The van der Waals surface area contributed by atoms with Crippen LogP contribution in [-0.4, -0.2) is 4.83 Å². The number of halogens is 5. The Kier molecular flexibility index (Phi) is 5.83. The zero-order valence-electron chi connectivity index (χ0n) is 11.9. The fourth-order valence-electron chi connectivity index (χ4n) is 2.80. The molecule has 1 aliphatic rings. The average molecular weight is 455 g/mol. The van der Waals surface area contributed by atoms with Gasteiger partial charge in [-0.15, -0.1) is 0 Å². The molecular formula is C17H13BrCl4O. The predicted octanol–water partition coefficient (Wildman–Crippen LogP) is 7.66. The zero-order chi connectivity index (χ0) is 16.6. The number of hydrogen-bond acceptors (Lipinski definition) is 1. The largest absolute Gasteiger partial charge is 0.365 e.